The van der Waals surface area contributed by atoms with Crippen molar-refractivity contribution in [3.63, 3.8) is 0 Å². The summed E-state index contributed by atoms with van der Waals surface area (Å²) < 4.78 is 0. The summed E-state index contributed by atoms with van der Waals surface area (Å²) in [7, 11) is 0. The van der Waals surface area contributed by atoms with Crippen molar-refractivity contribution >= 4 is 17.5 Å². The van der Waals surface area contributed by atoms with Gasteiger partial charge < -0.3 is 10.4 Å². The molecule has 0 bridgehead atoms. The molecule has 0 aromatic carbocycles. The van der Waals surface area contributed by atoms with Crippen LogP contribution in [0.3, 0.4) is 0 Å². The van der Waals surface area contributed by atoms with E-state index in [1.165, 1.54) is 0 Å². The van der Waals surface area contributed by atoms with E-state index in [1.54, 1.807) is 0 Å². The van der Waals surface area contributed by atoms with Crippen molar-refractivity contribution in [2.45, 2.75) is 39.2 Å². The number of pyridine rings is 1. The van der Waals surface area contributed by atoms with Gasteiger partial charge in [0.05, 0.1) is 4.92 Å². The Balaban J connectivity index is 3.14. The second kappa shape index (κ2) is 5.64. The van der Waals surface area contributed by atoms with Crippen molar-refractivity contribution in [2.24, 2.45) is 0 Å². The van der Waals surface area contributed by atoms with Gasteiger partial charge in [0.15, 0.2) is 0 Å². The minimum atomic E-state index is -1.24. The SMILES string of the molecule is CCCC(C)(C)Nc1ncc([N+](=O)[O-])cc1C(=O)O. The lowest BCUT2D eigenvalue weighted by atomic mass is 9.98. The van der Waals surface area contributed by atoms with Gasteiger partial charge in [-0.1, -0.05) is 13.3 Å². The molecule has 0 amide bonds. The lowest BCUT2D eigenvalue weighted by molar-refractivity contribution is -0.385. The number of nitrogens with one attached hydrogen (secondary N) is 1. The smallest absolute Gasteiger partial charge is 0.339 e. The van der Waals surface area contributed by atoms with E-state index < -0.39 is 10.9 Å². The molecule has 0 radical (unpaired) electrons. The summed E-state index contributed by atoms with van der Waals surface area (Å²) in [5, 5.41) is 22.7. The van der Waals surface area contributed by atoms with Crippen molar-refractivity contribution in [1.29, 1.82) is 0 Å². The summed E-state index contributed by atoms with van der Waals surface area (Å²) in [6.07, 6.45) is 2.80. The van der Waals surface area contributed by atoms with Gasteiger partial charge in [0.1, 0.15) is 17.6 Å². The molecule has 2 N–H and O–H groups in total. The summed E-state index contributed by atoms with van der Waals surface area (Å²) >= 11 is 0. The molecule has 0 aliphatic heterocycles. The molecule has 0 aliphatic carbocycles. The zero-order valence-corrected chi connectivity index (χ0v) is 11.1. The summed E-state index contributed by atoms with van der Waals surface area (Å²) in [6.45, 7) is 5.86. The van der Waals surface area contributed by atoms with E-state index in [0.29, 0.717) is 0 Å². The molecule has 1 heterocycles. The first kappa shape index (κ1) is 14.9. The maximum Gasteiger partial charge on any atom is 0.339 e. The quantitative estimate of drug-likeness (QED) is 0.606. The Morgan fingerprint density at radius 1 is 1.58 bits per heavy atom. The lowest BCUT2D eigenvalue weighted by Gasteiger charge is -2.27. The number of nitro groups is 1. The summed E-state index contributed by atoms with van der Waals surface area (Å²) in [5.74, 6) is -1.09. The predicted molar refractivity (Wildman–Crippen MR) is 70.5 cm³/mol. The highest BCUT2D eigenvalue weighted by Crippen LogP contribution is 2.24. The van der Waals surface area contributed by atoms with Crippen LogP contribution in [0.15, 0.2) is 12.3 Å². The fourth-order valence-electron chi connectivity index (χ4n) is 1.82. The van der Waals surface area contributed by atoms with Crippen molar-refractivity contribution in [1.82, 2.24) is 4.98 Å². The molecule has 104 valence electrons. The Morgan fingerprint density at radius 3 is 2.68 bits per heavy atom. The molecule has 1 rings (SSSR count). The number of rotatable bonds is 6. The summed E-state index contributed by atoms with van der Waals surface area (Å²) in [4.78, 5) is 25.0. The first-order chi connectivity index (χ1) is 8.76. The van der Waals surface area contributed by atoms with E-state index in [2.05, 4.69) is 10.3 Å². The Bertz CT molecular complexity index is 500. The molecule has 0 saturated carbocycles. The van der Waals surface area contributed by atoms with Gasteiger partial charge in [-0.3, -0.25) is 10.1 Å². The van der Waals surface area contributed by atoms with Gasteiger partial charge in [0.2, 0.25) is 0 Å². The number of carboxylic acids is 1. The van der Waals surface area contributed by atoms with Crippen LogP contribution in [0.4, 0.5) is 11.5 Å². The minimum absolute atomic E-state index is 0.150. The average molecular weight is 267 g/mol. The number of carboxylic acid groups (broad SMARTS) is 1. The van der Waals surface area contributed by atoms with Crippen LogP contribution in [-0.2, 0) is 0 Å². The Hall–Kier alpha value is -2.18. The molecule has 0 spiro atoms. The van der Waals surface area contributed by atoms with Crippen LogP contribution in [0, 0.1) is 10.1 Å². The predicted octanol–water partition coefficient (Wildman–Crippen LogP) is 2.68. The molecular formula is C12H17N3O4. The largest absolute Gasteiger partial charge is 0.478 e. The second-order valence-electron chi connectivity index (χ2n) is 4.91. The summed E-state index contributed by atoms with van der Waals surface area (Å²) in [6, 6.07) is 1.01. The van der Waals surface area contributed by atoms with E-state index in [-0.39, 0.29) is 22.6 Å². The second-order valence-corrected chi connectivity index (χ2v) is 4.91. The van der Waals surface area contributed by atoms with E-state index in [0.717, 1.165) is 25.1 Å². The van der Waals surface area contributed by atoms with Crippen LogP contribution in [0.25, 0.3) is 0 Å². The average Bonchev–Trinajstić information content (AvgIpc) is 2.27. The first-order valence-corrected chi connectivity index (χ1v) is 5.92. The zero-order valence-electron chi connectivity index (χ0n) is 11.1. The minimum Gasteiger partial charge on any atom is -0.478 e. The highest BCUT2D eigenvalue weighted by Gasteiger charge is 2.23. The first-order valence-electron chi connectivity index (χ1n) is 5.92. The van der Waals surface area contributed by atoms with Crippen LogP contribution in [0.1, 0.15) is 44.0 Å². The molecule has 0 aliphatic rings. The Kier molecular flexibility index (Phi) is 4.42. The number of carbonyl (C=O) groups is 1. The number of hydrogen-bond donors (Lipinski definition) is 2. The number of aromatic carboxylic acids is 1. The maximum absolute atomic E-state index is 11.1. The summed E-state index contributed by atoms with van der Waals surface area (Å²) in [5.41, 5.74) is -0.864. The van der Waals surface area contributed by atoms with Gasteiger partial charge in [0, 0.05) is 11.6 Å². The van der Waals surface area contributed by atoms with Crippen LogP contribution in [0.5, 0.6) is 0 Å². The van der Waals surface area contributed by atoms with Crippen molar-refractivity contribution in [3.05, 3.63) is 27.9 Å². The van der Waals surface area contributed by atoms with Crippen LogP contribution >= 0.6 is 0 Å². The Labute approximate surface area is 110 Å². The van der Waals surface area contributed by atoms with Gasteiger partial charge >= 0.3 is 5.97 Å². The molecule has 1 aromatic rings. The molecule has 0 saturated heterocycles. The van der Waals surface area contributed by atoms with Crippen molar-refractivity contribution in [3.8, 4) is 0 Å². The molecule has 0 atom stereocenters. The van der Waals surface area contributed by atoms with Gasteiger partial charge in [0.25, 0.3) is 5.69 Å². The highest BCUT2D eigenvalue weighted by molar-refractivity contribution is 5.93. The van der Waals surface area contributed by atoms with Gasteiger partial charge in [-0.2, -0.15) is 0 Å². The molecule has 7 heteroatoms. The number of hydrogen-bond acceptors (Lipinski definition) is 5. The zero-order chi connectivity index (χ0) is 14.6. The molecule has 0 unspecified atom stereocenters. The molecule has 7 nitrogen and oxygen atoms in total. The van der Waals surface area contributed by atoms with E-state index in [9.17, 15) is 14.9 Å². The van der Waals surface area contributed by atoms with Crippen LogP contribution in [-0.4, -0.2) is 26.5 Å². The Morgan fingerprint density at radius 2 is 2.21 bits per heavy atom. The molecular weight excluding hydrogens is 250 g/mol. The molecule has 19 heavy (non-hydrogen) atoms. The maximum atomic E-state index is 11.1. The van der Waals surface area contributed by atoms with Gasteiger partial charge in [-0.05, 0) is 20.3 Å². The molecule has 1 aromatic heterocycles. The third-order valence-electron chi connectivity index (χ3n) is 2.65. The van der Waals surface area contributed by atoms with Gasteiger partial charge in [-0.25, -0.2) is 9.78 Å². The van der Waals surface area contributed by atoms with E-state index >= 15 is 0 Å². The standard InChI is InChI=1S/C12H17N3O4/c1-4-5-12(2,3)14-10-9(11(16)17)6-8(7-13-10)15(18)19/h6-7H,4-5H2,1-3H3,(H,13,14)(H,16,17). The topological polar surface area (TPSA) is 105 Å². The highest BCUT2D eigenvalue weighted by atomic mass is 16.6. The van der Waals surface area contributed by atoms with E-state index in [1.807, 2.05) is 20.8 Å². The van der Waals surface area contributed by atoms with Crippen molar-refractivity contribution < 1.29 is 14.8 Å². The van der Waals surface area contributed by atoms with Gasteiger partial charge in [-0.15, -0.1) is 0 Å². The molecule has 0 fully saturated rings. The number of anilines is 1. The third-order valence-corrected chi connectivity index (χ3v) is 2.65. The van der Waals surface area contributed by atoms with Crippen LogP contribution in [0.2, 0.25) is 0 Å². The lowest BCUT2D eigenvalue weighted by Crippen LogP contribution is -2.31. The van der Waals surface area contributed by atoms with Crippen molar-refractivity contribution in [2.75, 3.05) is 5.32 Å². The third kappa shape index (κ3) is 3.90. The normalized spacial score (nSPS) is 11.1. The fraction of sp³-hybridized carbons (Fsp3) is 0.500. The monoisotopic (exact) mass is 267 g/mol. The number of aromatic nitrogens is 1. The van der Waals surface area contributed by atoms with Crippen LogP contribution < -0.4 is 5.32 Å². The number of nitrogens with zero attached hydrogens (tertiary/aromatic N) is 2. The fourth-order valence-corrected chi connectivity index (χ4v) is 1.82. The van der Waals surface area contributed by atoms with E-state index in [4.69, 9.17) is 5.11 Å².